The van der Waals surface area contributed by atoms with Crippen LogP contribution in [-0.4, -0.2) is 66.0 Å². The van der Waals surface area contributed by atoms with Gasteiger partial charge in [0, 0.05) is 26.7 Å². The van der Waals surface area contributed by atoms with Crippen molar-refractivity contribution in [3.63, 3.8) is 0 Å². The normalized spacial score (nSPS) is 10.7. The summed E-state index contributed by atoms with van der Waals surface area (Å²) in [6.45, 7) is 27.2. The summed E-state index contributed by atoms with van der Waals surface area (Å²) < 4.78 is 42.8. The second-order valence-corrected chi connectivity index (χ2v) is 28.7. The van der Waals surface area contributed by atoms with Gasteiger partial charge in [0.05, 0.1) is 38.3 Å². The molecule has 0 aliphatic carbocycles. The zero-order valence-corrected chi connectivity index (χ0v) is 68.4. The number of carbonyl (C=O) groups is 2. The van der Waals surface area contributed by atoms with Crippen LogP contribution in [-0.2, 0) is 61.0 Å². The van der Waals surface area contributed by atoms with Gasteiger partial charge >= 0.3 is 11.9 Å². The molecule has 0 spiro atoms. The number of phenolic OH excluding ortho intramolecular Hbond substituents is 8. The third-order valence-electron chi connectivity index (χ3n) is 17.3. The first-order valence-electron chi connectivity index (χ1n) is 39.4. The van der Waals surface area contributed by atoms with Crippen LogP contribution in [0.2, 0.25) is 0 Å². The number of benzene rings is 8. The molecule has 0 fully saturated rings. The molecule has 8 aromatic carbocycles. The Morgan fingerprint density at radius 3 is 0.711 bits per heavy atom. The highest BCUT2D eigenvalue weighted by molar-refractivity contribution is 5.71. The van der Waals surface area contributed by atoms with Crippen LogP contribution in [0.1, 0.15) is 204 Å². The van der Waals surface area contributed by atoms with Gasteiger partial charge in [0.15, 0.2) is 92.0 Å². The van der Waals surface area contributed by atoms with Crippen molar-refractivity contribution < 1.29 is 88.3 Å². The van der Waals surface area contributed by atoms with Gasteiger partial charge in [0.25, 0.3) is 0 Å². The van der Waals surface area contributed by atoms with Crippen LogP contribution in [0, 0.1) is 0 Å². The van der Waals surface area contributed by atoms with Gasteiger partial charge in [-0.25, -0.2) is 0 Å². The lowest BCUT2D eigenvalue weighted by Crippen LogP contribution is -2.02. The fraction of sp³-hybridized carbons (Fsp3) is 0.354. The van der Waals surface area contributed by atoms with Crippen molar-refractivity contribution in [2.45, 2.75) is 210 Å². The molecule has 612 valence electrons. The molecule has 0 amide bonds. The van der Waals surface area contributed by atoms with Crippen LogP contribution in [0.4, 0.5) is 0 Å². The summed E-state index contributed by atoms with van der Waals surface area (Å²) in [6.07, 6.45) is 30.6. The van der Waals surface area contributed by atoms with E-state index < -0.39 is 11.9 Å². The zero-order chi connectivity index (χ0) is 83.2. The third-order valence-corrected chi connectivity index (χ3v) is 17.3. The first kappa shape index (κ1) is 92.9. The Morgan fingerprint density at radius 2 is 0.518 bits per heavy atom. The number of rotatable bonds is 42. The van der Waals surface area contributed by atoms with Gasteiger partial charge in [-0.15, -0.1) is 13.2 Å². The molecule has 0 bridgehead atoms. The number of allylic oxidation sites excluding steroid dienone is 4. The molecule has 0 unspecified atom stereocenters. The summed E-state index contributed by atoms with van der Waals surface area (Å²) in [4.78, 5) is 21.8. The summed E-state index contributed by atoms with van der Waals surface area (Å²) in [6, 6.07) is 43.4. The first-order valence-corrected chi connectivity index (χ1v) is 39.4. The second-order valence-electron chi connectivity index (χ2n) is 28.7. The maximum absolute atomic E-state index is 10.9. The lowest BCUT2D eigenvalue weighted by atomic mass is 10.0. The number of hydrogen-bond acceptors (Lipinski definition) is 18. The minimum Gasteiger partial charge on any atom is -0.504 e. The maximum Gasteiger partial charge on any atom is 0.308 e. The molecule has 0 saturated heterocycles. The highest BCUT2D eigenvalue weighted by atomic mass is 16.5. The van der Waals surface area contributed by atoms with Crippen LogP contribution >= 0.6 is 0 Å². The minimum atomic E-state index is -0.476. The Morgan fingerprint density at radius 1 is 0.307 bits per heavy atom. The van der Waals surface area contributed by atoms with E-state index in [1.54, 1.807) is 97.8 Å². The monoisotopic (exact) mass is 1560 g/mol. The molecule has 8 aromatic rings. The van der Waals surface area contributed by atoms with E-state index in [1.807, 2.05) is 126 Å². The molecule has 0 heterocycles. The molecule has 0 radical (unpaired) electrons. The summed E-state index contributed by atoms with van der Waals surface area (Å²) in [5, 5.41) is 80.4. The standard InChI is InChI=1S/2C26H34O4.C24H30O4.C20H22O6/c1-19(2)13-15-29-25-11-9-21(17-23(25)27)7-5-6-8-22-10-12-26(24(28)18-22)30-16-14-20(3)4;1-3-5-9-17-29-25-15-13-21(19-23(25)27)11-7-8-12-22-14-16-26(24(28)20-22)30-18-10-6-4-2;1-17(2)15-27-23-11-9-19(13-21(23)25)7-5-6-8-20-10-12-24(22(26)14-20)28-16-18(3)4;1-13(21)25-19-9-7-15(11-17(19)23)5-3-4-6-16-8-10-20(18(24)12-16)26-14(2)22/h9-12,17-18,27-28H,1,3,5-8,13-16H2,2,4H3;9-10,13-20,27-28H,3-8,11-12H2,1-2H3;9-16,25-26H,5-8H2,1-4H3;7-12,23-24H,3-6H2,1-2H3. The highest BCUT2D eigenvalue weighted by Gasteiger charge is 2.13. The van der Waals surface area contributed by atoms with Gasteiger partial charge in [-0.05, 0) is 322 Å². The van der Waals surface area contributed by atoms with E-state index in [1.165, 1.54) is 13.8 Å². The molecule has 114 heavy (non-hydrogen) atoms. The summed E-state index contributed by atoms with van der Waals surface area (Å²) >= 11 is 0. The Hall–Kier alpha value is -11.7. The lowest BCUT2D eigenvalue weighted by molar-refractivity contribution is -0.132. The quantitative estimate of drug-likeness (QED) is 0.00581. The molecule has 0 aliphatic heterocycles. The lowest BCUT2D eigenvalue weighted by Gasteiger charge is -2.10. The molecule has 8 rings (SSSR count). The molecule has 18 nitrogen and oxygen atoms in total. The van der Waals surface area contributed by atoms with Crippen molar-refractivity contribution in [1.29, 1.82) is 0 Å². The Bertz CT molecular complexity index is 4160. The van der Waals surface area contributed by atoms with Crippen LogP contribution in [0.3, 0.4) is 0 Å². The van der Waals surface area contributed by atoms with Gasteiger partial charge in [0.1, 0.15) is 0 Å². The second kappa shape index (κ2) is 51.8. The van der Waals surface area contributed by atoms with Crippen LogP contribution in [0.5, 0.6) is 92.0 Å². The molecule has 8 N–H and O–H groups in total. The number of hydrogen-bond donors (Lipinski definition) is 8. The Kier molecular flexibility index (Phi) is 42.2. The fourth-order valence-corrected chi connectivity index (χ4v) is 11.3. The van der Waals surface area contributed by atoms with E-state index in [4.69, 9.17) is 37.9 Å². The van der Waals surface area contributed by atoms with E-state index in [2.05, 4.69) is 27.0 Å². The van der Waals surface area contributed by atoms with E-state index in [0.29, 0.717) is 47.7 Å². The number of aryl methyl sites for hydroxylation is 8. The molecule has 0 saturated carbocycles. The molecule has 18 heteroatoms. The SMILES string of the molecule is C=C(C)CCOc1ccc(CCCCc2ccc(OCCC(=C)C)c(O)c2)cc1O.CC(=O)Oc1ccc(CCCCc2ccc(OC(C)=O)c(O)c2)cc1O.CC(C)=COc1ccc(CCCCc2ccc(OC=C(C)C)c(O)c2)cc1O.CCCC=COc1ccc(CCCCc2ccc(OC=CCCC)c(O)c2)cc1O. The first-order chi connectivity index (χ1) is 54.7. The number of esters is 2. The van der Waals surface area contributed by atoms with Crippen molar-refractivity contribution in [3.05, 3.63) is 263 Å². The fourth-order valence-electron chi connectivity index (χ4n) is 11.3. The minimum absolute atomic E-state index is 0.0521. The topological polar surface area (TPSA) is 270 Å². The zero-order valence-electron chi connectivity index (χ0n) is 68.4. The highest BCUT2D eigenvalue weighted by Crippen LogP contribution is 2.36. The van der Waals surface area contributed by atoms with E-state index >= 15 is 0 Å². The van der Waals surface area contributed by atoms with Crippen molar-refractivity contribution in [2.24, 2.45) is 0 Å². The van der Waals surface area contributed by atoms with Gasteiger partial charge in [-0.1, -0.05) is 86.4 Å². The summed E-state index contributed by atoms with van der Waals surface area (Å²) in [5.41, 5.74) is 12.6. The molecule has 0 atom stereocenters. The van der Waals surface area contributed by atoms with Crippen LogP contribution < -0.4 is 37.9 Å². The Labute approximate surface area is 675 Å². The number of unbranched alkanes of at least 4 members (excludes halogenated alkanes) is 6. The molecular formula is C96H120O18. The number of aromatic hydroxyl groups is 8. The average molecular weight is 1560 g/mol. The number of carbonyl (C=O) groups excluding carboxylic acids is 2. The van der Waals surface area contributed by atoms with Crippen LogP contribution in [0.15, 0.2) is 218 Å². The predicted molar refractivity (Wildman–Crippen MR) is 453 cm³/mol. The van der Waals surface area contributed by atoms with E-state index in [9.17, 15) is 50.4 Å². The van der Waals surface area contributed by atoms with Crippen molar-refractivity contribution in [2.75, 3.05) is 13.2 Å². The number of phenols is 8. The summed E-state index contributed by atoms with van der Waals surface area (Å²) in [7, 11) is 0. The summed E-state index contributed by atoms with van der Waals surface area (Å²) in [5.74, 6) is 3.20. The molecule has 0 aromatic heterocycles. The van der Waals surface area contributed by atoms with Crippen LogP contribution in [0.25, 0.3) is 0 Å². The van der Waals surface area contributed by atoms with Crippen molar-refractivity contribution in [3.8, 4) is 92.0 Å². The maximum atomic E-state index is 10.9. The smallest absolute Gasteiger partial charge is 0.308 e. The van der Waals surface area contributed by atoms with E-state index in [0.717, 1.165) is 208 Å². The van der Waals surface area contributed by atoms with Crippen molar-refractivity contribution in [1.82, 2.24) is 0 Å². The predicted octanol–water partition coefficient (Wildman–Crippen LogP) is 23.2. The van der Waals surface area contributed by atoms with Gasteiger partial charge in [0.2, 0.25) is 0 Å². The number of ether oxygens (including phenoxy) is 8. The van der Waals surface area contributed by atoms with E-state index in [-0.39, 0.29) is 57.5 Å². The van der Waals surface area contributed by atoms with Gasteiger partial charge in [-0.3, -0.25) is 9.59 Å². The molecule has 0 aliphatic rings. The Balaban J connectivity index is 0.000000272. The average Bonchev–Trinajstić information content (AvgIpc) is 0.870. The largest absolute Gasteiger partial charge is 0.504 e. The van der Waals surface area contributed by atoms with Crippen molar-refractivity contribution >= 4 is 11.9 Å². The third kappa shape index (κ3) is 37.6. The molecular weight excluding hydrogens is 1440 g/mol. The van der Waals surface area contributed by atoms with Gasteiger partial charge < -0.3 is 78.7 Å². The van der Waals surface area contributed by atoms with Gasteiger partial charge in [-0.2, -0.15) is 0 Å².